The summed E-state index contributed by atoms with van der Waals surface area (Å²) >= 11 is 0. The standard InChI is InChI=1S/C25H20/c1-3-5-21-6-8-22(9-7-21)10-11-23-14-18-25(19-15-23)24-16-12-20(4-2)13-17-24/h6-9,12-19H,4H2,1-2H3. The summed E-state index contributed by atoms with van der Waals surface area (Å²) in [6.45, 7) is 4.02. The monoisotopic (exact) mass is 320 g/mol. The quantitative estimate of drug-likeness (QED) is 0.532. The maximum atomic E-state index is 3.22. The first-order valence-electron chi connectivity index (χ1n) is 8.52. The summed E-state index contributed by atoms with van der Waals surface area (Å²) in [5.41, 5.74) is 6.86. The highest BCUT2D eigenvalue weighted by Crippen LogP contribution is 2.20. The van der Waals surface area contributed by atoms with Crippen LogP contribution in [0.3, 0.4) is 0 Å². The highest BCUT2D eigenvalue weighted by molar-refractivity contribution is 5.64. The molecule has 120 valence electrons. The predicted molar refractivity (Wildman–Crippen MR) is 106 cm³/mol. The van der Waals surface area contributed by atoms with Crippen LogP contribution in [0.4, 0.5) is 0 Å². The van der Waals surface area contributed by atoms with Crippen LogP contribution in [-0.4, -0.2) is 0 Å². The number of hydrogen-bond donors (Lipinski definition) is 0. The van der Waals surface area contributed by atoms with Gasteiger partial charge in [-0.05, 0) is 66.4 Å². The average Bonchev–Trinajstić information content (AvgIpc) is 2.68. The van der Waals surface area contributed by atoms with E-state index in [4.69, 9.17) is 0 Å². The number of aryl methyl sites for hydroxylation is 1. The van der Waals surface area contributed by atoms with E-state index >= 15 is 0 Å². The average molecular weight is 320 g/mol. The Labute approximate surface area is 150 Å². The van der Waals surface area contributed by atoms with Crippen LogP contribution in [-0.2, 0) is 6.42 Å². The Hall–Kier alpha value is -3.22. The minimum absolute atomic E-state index is 1.00. The van der Waals surface area contributed by atoms with Crippen LogP contribution in [0.2, 0.25) is 0 Å². The third kappa shape index (κ3) is 4.41. The van der Waals surface area contributed by atoms with Crippen molar-refractivity contribution in [1.29, 1.82) is 0 Å². The highest BCUT2D eigenvalue weighted by atomic mass is 14.0. The van der Waals surface area contributed by atoms with Crippen molar-refractivity contribution in [3.63, 3.8) is 0 Å². The van der Waals surface area contributed by atoms with Crippen LogP contribution in [0.25, 0.3) is 11.1 Å². The molecule has 0 radical (unpaired) electrons. The Morgan fingerprint density at radius 3 is 1.40 bits per heavy atom. The molecule has 0 N–H and O–H groups in total. The molecule has 0 spiro atoms. The van der Waals surface area contributed by atoms with Gasteiger partial charge in [0, 0.05) is 16.7 Å². The summed E-state index contributed by atoms with van der Waals surface area (Å²) < 4.78 is 0. The maximum Gasteiger partial charge on any atom is 0.0249 e. The Morgan fingerprint density at radius 1 is 0.560 bits per heavy atom. The van der Waals surface area contributed by atoms with Gasteiger partial charge in [-0.25, -0.2) is 0 Å². The molecule has 0 aliphatic heterocycles. The minimum Gasteiger partial charge on any atom is -0.101 e. The summed E-state index contributed by atoms with van der Waals surface area (Å²) in [5.74, 6) is 12.4. The topological polar surface area (TPSA) is 0 Å². The summed E-state index contributed by atoms with van der Waals surface area (Å²) in [5, 5.41) is 0. The fourth-order valence-corrected chi connectivity index (χ4v) is 2.60. The molecule has 0 aromatic heterocycles. The van der Waals surface area contributed by atoms with Crippen LogP contribution in [0, 0.1) is 23.7 Å². The molecule has 0 heteroatoms. The van der Waals surface area contributed by atoms with Crippen molar-refractivity contribution in [1.82, 2.24) is 0 Å². The third-order valence-corrected chi connectivity index (χ3v) is 4.09. The Balaban J connectivity index is 1.75. The van der Waals surface area contributed by atoms with E-state index in [-0.39, 0.29) is 0 Å². The molecule has 0 atom stereocenters. The molecular formula is C25H20. The van der Waals surface area contributed by atoms with Crippen molar-refractivity contribution in [2.75, 3.05) is 0 Å². The fourth-order valence-electron chi connectivity index (χ4n) is 2.60. The Bertz CT molecular complexity index is 949. The van der Waals surface area contributed by atoms with Crippen molar-refractivity contribution in [3.05, 3.63) is 95.1 Å². The van der Waals surface area contributed by atoms with Gasteiger partial charge in [-0.2, -0.15) is 0 Å². The summed E-state index contributed by atoms with van der Waals surface area (Å²) in [6.07, 6.45) is 1.07. The number of hydrogen-bond acceptors (Lipinski definition) is 0. The minimum atomic E-state index is 1.00. The SMILES string of the molecule is CC#Cc1ccc(C#Cc2ccc(-c3ccc(CC)cc3)cc2)cc1. The fraction of sp³-hybridized carbons (Fsp3) is 0.120. The van der Waals surface area contributed by atoms with E-state index in [9.17, 15) is 0 Å². The Morgan fingerprint density at radius 2 is 0.960 bits per heavy atom. The summed E-state index contributed by atoms with van der Waals surface area (Å²) in [4.78, 5) is 0. The van der Waals surface area contributed by atoms with Gasteiger partial charge >= 0.3 is 0 Å². The van der Waals surface area contributed by atoms with Gasteiger partial charge in [0.15, 0.2) is 0 Å². The first-order valence-corrected chi connectivity index (χ1v) is 8.52. The maximum absolute atomic E-state index is 3.22. The summed E-state index contributed by atoms with van der Waals surface area (Å²) in [6, 6.07) is 25.2. The summed E-state index contributed by atoms with van der Waals surface area (Å²) in [7, 11) is 0. The molecule has 3 rings (SSSR count). The normalized spacial score (nSPS) is 9.52. The molecule has 0 nitrogen and oxygen atoms in total. The molecule has 3 aromatic carbocycles. The first kappa shape index (κ1) is 16.6. The van der Waals surface area contributed by atoms with Crippen molar-refractivity contribution in [3.8, 4) is 34.8 Å². The van der Waals surface area contributed by atoms with E-state index in [0.717, 1.165) is 23.1 Å². The molecule has 0 bridgehead atoms. The van der Waals surface area contributed by atoms with E-state index in [0.29, 0.717) is 0 Å². The zero-order valence-electron chi connectivity index (χ0n) is 14.6. The second kappa shape index (κ2) is 8.05. The lowest BCUT2D eigenvalue weighted by Crippen LogP contribution is -1.82. The molecule has 0 saturated heterocycles. The van der Waals surface area contributed by atoms with E-state index in [2.05, 4.69) is 79.1 Å². The largest absolute Gasteiger partial charge is 0.101 e. The van der Waals surface area contributed by atoms with Crippen LogP contribution >= 0.6 is 0 Å². The molecule has 0 aliphatic carbocycles. The van der Waals surface area contributed by atoms with E-state index in [1.807, 2.05) is 31.2 Å². The van der Waals surface area contributed by atoms with Crippen LogP contribution in [0.1, 0.15) is 36.1 Å². The van der Waals surface area contributed by atoms with Gasteiger partial charge in [0.1, 0.15) is 0 Å². The van der Waals surface area contributed by atoms with Crippen molar-refractivity contribution < 1.29 is 0 Å². The van der Waals surface area contributed by atoms with Gasteiger partial charge in [-0.3, -0.25) is 0 Å². The van der Waals surface area contributed by atoms with Gasteiger partial charge in [0.25, 0.3) is 0 Å². The molecule has 0 heterocycles. The smallest absolute Gasteiger partial charge is 0.0249 e. The van der Waals surface area contributed by atoms with Crippen molar-refractivity contribution >= 4 is 0 Å². The van der Waals surface area contributed by atoms with Crippen molar-refractivity contribution in [2.45, 2.75) is 20.3 Å². The first-order chi connectivity index (χ1) is 12.3. The van der Waals surface area contributed by atoms with E-state index in [1.54, 1.807) is 0 Å². The molecule has 0 saturated carbocycles. The third-order valence-electron chi connectivity index (χ3n) is 4.09. The zero-order chi connectivity index (χ0) is 17.5. The number of rotatable bonds is 2. The predicted octanol–water partition coefficient (Wildman–Crippen LogP) is 5.69. The van der Waals surface area contributed by atoms with Crippen LogP contribution in [0.5, 0.6) is 0 Å². The van der Waals surface area contributed by atoms with Gasteiger partial charge in [-0.1, -0.05) is 61.1 Å². The molecule has 0 amide bonds. The van der Waals surface area contributed by atoms with E-state index in [1.165, 1.54) is 16.7 Å². The zero-order valence-corrected chi connectivity index (χ0v) is 14.6. The van der Waals surface area contributed by atoms with Crippen LogP contribution in [0.15, 0.2) is 72.8 Å². The lowest BCUT2D eigenvalue weighted by Gasteiger charge is -2.03. The second-order valence-corrected chi connectivity index (χ2v) is 5.83. The lowest BCUT2D eigenvalue weighted by atomic mass is 10.0. The van der Waals surface area contributed by atoms with Gasteiger partial charge in [-0.15, -0.1) is 5.92 Å². The highest BCUT2D eigenvalue weighted by Gasteiger charge is 1.98. The lowest BCUT2D eigenvalue weighted by molar-refractivity contribution is 1.14. The molecule has 0 unspecified atom stereocenters. The molecule has 25 heavy (non-hydrogen) atoms. The van der Waals surface area contributed by atoms with Gasteiger partial charge in [0.05, 0.1) is 0 Å². The second-order valence-electron chi connectivity index (χ2n) is 5.83. The number of benzene rings is 3. The Kier molecular flexibility index (Phi) is 5.36. The molecule has 0 fully saturated rings. The molecule has 0 aliphatic rings. The van der Waals surface area contributed by atoms with Gasteiger partial charge in [0.2, 0.25) is 0 Å². The van der Waals surface area contributed by atoms with Crippen molar-refractivity contribution in [2.24, 2.45) is 0 Å². The van der Waals surface area contributed by atoms with E-state index < -0.39 is 0 Å². The van der Waals surface area contributed by atoms with Gasteiger partial charge < -0.3 is 0 Å². The van der Waals surface area contributed by atoms with Crippen LogP contribution < -0.4 is 0 Å². The molecule has 3 aromatic rings. The molecular weight excluding hydrogens is 300 g/mol.